The number of nitrogens with zero attached hydrogens (tertiary/aromatic N) is 1. The Balaban J connectivity index is 2.11. The molecule has 0 aliphatic carbocycles. The number of benzene rings is 1. The zero-order valence-corrected chi connectivity index (χ0v) is 15.4. The number of aromatic nitrogens is 1. The third-order valence-corrected chi connectivity index (χ3v) is 3.77. The number of ether oxygens (including phenoxy) is 1. The predicted molar refractivity (Wildman–Crippen MR) is 97.7 cm³/mol. The van der Waals surface area contributed by atoms with Crippen LogP contribution in [0.1, 0.15) is 40.3 Å². The molecule has 1 amide bonds. The van der Waals surface area contributed by atoms with E-state index < -0.39 is 5.60 Å². The highest BCUT2D eigenvalue weighted by Gasteiger charge is 2.30. The molecule has 0 aliphatic rings. The van der Waals surface area contributed by atoms with Gasteiger partial charge in [-0.15, -0.1) is 0 Å². The number of hydrogen-bond acceptors (Lipinski definition) is 3. The highest BCUT2D eigenvalue weighted by molar-refractivity contribution is 6.30. The highest BCUT2D eigenvalue weighted by Crippen LogP contribution is 2.24. The molecule has 2 rings (SSSR count). The molecule has 0 radical (unpaired) electrons. The van der Waals surface area contributed by atoms with Gasteiger partial charge in [0.1, 0.15) is 5.75 Å². The second-order valence-corrected chi connectivity index (χ2v) is 7.64. The van der Waals surface area contributed by atoms with Crippen molar-refractivity contribution in [2.24, 2.45) is 0 Å². The van der Waals surface area contributed by atoms with Crippen molar-refractivity contribution in [1.29, 1.82) is 0 Å². The molecule has 1 aromatic carbocycles. The Bertz CT molecular complexity index is 719. The van der Waals surface area contributed by atoms with Gasteiger partial charge in [-0.1, -0.05) is 32.4 Å². The molecular weight excluding hydrogens is 324 g/mol. The van der Waals surface area contributed by atoms with Gasteiger partial charge in [0.2, 0.25) is 0 Å². The summed E-state index contributed by atoms with van der Waals surface area (Å²) in [5.74, 6) is 0.355. The van der Waals surface area contributed by atoms with E-state index in [1.54, 1.807) is 50.4 Å². The van der Waals surface area contributed by atoms with Crippen LogP contribution >= 0.6 is 11.6 Å². The van der Waals surface area contributed by atoms with E-state index in [1.807, 2.05) is 6.07 Å². The summed E-state index contributed by atoms with van der Waals surface area (Å²) in [4.78, 5) is 16.9. The summed E-state index contributed by atoms with van der Waals surface area (Å²) in [7, 11) is 0. The van der Waals surface area contributed by atoms with Gasteiger partial charge in [0.15, 0.2) is 5.60 Å². The van der Waals surface area contributed by atoms with Crippen LogP contribution in [0.5, 0.6) is 5.75 Å². The molecule has 0 saturated carbocycles. The first-order valence-electron chi connectivity index (χ1n) is 7.80. The van der Waals surface area contributed by atoms with Crippen LogP contribution in [0.4, 0.5) is 5.69 Å². The SMILES string of the molecule is CC(C)(Oc1ccc(Cl)cc1)C(=O)Nc1ccnc(C(C)(C)C)c1. The zero-order chi connectivity index (χ0) is 18.0. The summed E-state index contributed by atoms with van der Waals surface area (Å²) in [6.45, 7) is 9.68. The van der Waals surface area contributed by atoms with Gasteiger partial charge in [-0.2, -0.15) is 0 Å². The molecule has 5 heteroatoms. The number of halogens is 1. The standard InChI is InChI=1S/C19H23ClN2O2/c1-18(2,3)16-12-14(10-11-21-16)22-17(23)19(4,5)24-15-8-6-13(20)7-9-15/h6-12H,1-5H3,(H,21,22,23). The quantitative estimate of drug-likeness (QED) is 0.862. The maximum Gasteiger partial charge on any atom is 0.267 e. The number of carbonyl (C=O) groups is 1. The van der Waals surface area contributed by atoms with Crippen molar-refractivity contribution in [2.45, 2.75) is 45.6 Å². The van der Waals surface area contributed by atoms with Crippen LogP contribution in [0.15, 0.2) is 42.6 Å². The van der Waals surface area contributed by atoms with Crippen molar-refractivity contribution < 1.29 is 9.53 Å². The van der Waals surface area contributed by atoms with Gasteiger partial charge in [0.05, 0.1) is 0 Å². The van der Waals surface area contributed by atoms with E-state index in [4.69, 9.17) is 16.3 Å². The lowest BCUT2D eigenvalue weighted by atomic mass is 9.91. The lowest BCUT2D eigenvalue weighted by Gasteiger charge is -2.26. The van der Waals surface area contributed by atoms with Crippen molar-refractivity contribution in [1.82, 2.24) is 4.98 Å². The lowest BCUT2D eigenvalue weighted by Crippen LogP contribution is -2.42. The van der Waals surface area contributed by atoms with E-state index >= 15 is 0 Å². The Kier molecular flexibility index (Phi) is 5.19. The first kappa shape index (κ1) is 18.3. The normalized spacial score (nSPS) is 11.9. The first-order chi connectivity index (χ1) is 11.1. The van der Waals surface area contributed by atoms with Crippen LogP contribution in [0.3, 0.4) is 0 Å². The molecule has 0 atom stereocenters. The molecular formula is C19H23ClN2O2. The summed E-state index contributed by atoms with van der Waals surface area (Å²) < 4.78 is 5.80. The fraction of sp³-hybridized carbons (Fsp3) is 0.368. The van der Waals surface area contributed by atoms with Gasteiger partial charge >= 0.3 is 0 Å². The lowest BCUT2D eigenvalue weighted by molar-refractivity contribution is -0.128. The van der Waals surface area contributed by atoms with Crippen molar-refractivity contribution in [3.8, 4) is 5.75 Å². The molecule has 2 aromatic rings. The van der Waals surface area contributed by atoms with Crippen LogP contribution in [0.25, 0.3) is 0 Å². The summed E-state index contributed by atoms with van der Waals surface area (Å²) >= 11 is 5.86. The molecule has 0 spiro atoms. The summed E-state index contributed by atoms with van der Waals surface area (Å²) in [5.41, 5.74) is 0.499. The van der Waals surface area contributed by atoms with E-state index in [0.29, 0.717) is 16.5 Å². The number of carbonyl (C=O) groups excluding carboxylic acids is 1. The maximum atomic E-state index is 12.6. The van der Waals surface area contributed by atoms with Gasteiger partial charge in [-0.05, 0) is 50.2 Å². The Morgan fingerprint density at radius 2 is 1.71 bits per heavy atom. The minimum absolute atomic E-state index is 0.0872. The third-order valence-electron chi connectivity index (χ3n) is 3.52. The molecule has 1 heterocycles. The van der Waals surface area contributed by atoms with Gasteiger partial charge in [0, 0.05) is 28.0 Å². The average Bonchev–Trinajstić information content (AvgIpc) is 2.49. The van der Waals surface area contributed by atoms with Crippen LogP contribution in [0, 0.1) is 0 Å². The minimum atomic E-state index is -1.03. The monoisotopic (exact) mass is 346 g/mol. The van der Waals surface area contributed by atoms with Crippen LogP contribution in [0.2, 0.25) is 5.02 Å². The number of pyridine rings is 1. The van der Waals surface area contributed by atoms with Gasteiger partial charge in [-0.3, -0.25) is 9.78 Å². The van der Waals surface area contributed by atoms with Gasteiger partial charge in [-0.25, -0.2) is 0 Å². The van der Waals surface area contributed by atoms with Crippen LogP contribution in [-0.2, 0) is 10.2 Å². The number of nitrogens with one attached hydrogen (secondary N) is 1. The predicted octanol–water partition coefficient (Wildman–Crippen LogP) is 4.83. The van der Waals surface area contributed by atoms with Gasteiger partial charge < -0.3 is 10.1 Å². The largest absolute Gasteiger partial charge is 0.478 e. The summed E-state index contributed by atoms with van der Waals surface area (Å²) in [6, 6.07) is 10.6. The smallest absolute Gasteiger partial charge is 0.267 e. The number of hydrogen-bond donors (Lipinski definition) is 1. The molecule has 0 aliphatic heterocycles. The molecule has 0 saturated heterocycles. The number of rotatable bonds is 4. The Hall–Kier alpha value is -2.07. The van der Waals surface area contributed by atoms with E-state index in [9.17, 15) is 4.79 Å². The fourth-order valence-corrected chi connectivity index (χ4v) is 2.17. The summed E-state index contributed by atoms with van der Waals surface area (Å²) in [6.07, 6.45) is 1.70. The molecule has 128 valence electrons. The van der Waals surface area contributed by atoms with Crippen molar-refractivity contribution in [3.63, 3.8) is 0 Å². The Morgan fingerprint density at radius 3 is 2.29 bits per heavy atom. The highest BCUT2D eigenvalue weighted by atomic mass is 35.5. The molecule has 0 bridgehead atoms. The molecule has 1 N–H and O–H groups in total. The molecule has 24 heavy (non-hydrogen) atoms. The molecule has 1 aromatic heterocycles. The van der Waals surface area contributed by atoms with Gasteiger partial charge in [0.25, 0.3) is 5.91 Å². The minimum Gasteiger partial charge on any atom is -0.478 e. The Labute approximate surface area is 148 Å². The first-order valence-corrected chi connectivity index (χ1v) is 8.18. The van der Waals surface area contributed by atoms with Crippen molar-refractivity contribution in [3.05, 3.63) is 53.3 Å². The molecule has 0 fully saturated rings. The van der Waals surface area contributed by atoms with Crippen LogP contribution in [-0.4, -0.2) is 16.5 Å². The van der Waals surface area contributed by atoms with E-state index in [-0.39, 0.29) is 11.3 Å². The van der Waals surface area contributed by atoms with Crippen molar-refractivity contribution >= 4 is 23.2 Å². The van der Waals surface area contributed by atoms with Crippen LogP contribution < -0.4 is 10.1 Å². The van der Waals surface area contributed by atoms with E-state index in [2.05, 4.69) is 31.1 Å². The number of amides is 1. The summed E-state index contributed by atoms with van der Waals surface area (Å²) in [5, 5.41) is 3.52. The fourth-order valence-electron chi connectivity index (χ4n) is 2.04. The Morgan fingerprint density at radius 1 is 1.08 bits per heavy atom. The zero-order valence-electron chi connectivity index (χ0n) is 14.7. The third kappa shape index (κ3) is 4.71. The number of anilines is 1. The maximum absolute atomic E-state index is 12.6. The second kappa shape index (κ2) is 6.81. The van der Waals surface area contributed by atoms with Crippen molar-refractivity contribution in [2.75, 3.05) is 5.32 Å². The topological polar surface area (TPSA) is 51.2 Å². The molecule has 0 unspecified atom stereocenters. The van der Waals surface area contributed by atoms with E-state index in [0.717, 1.165) is 5.69 Å². The molecule has 4 nitrogen and oxygen atoms in total. The average molecular weight is 347 g/mol. The van der Waals surface area contributed by atoms with E-state index in [1.165, 1.54) is 0 Å². The second-order valence-electron chi connectivity index (χ2n) is 7.20.